The molecule has 1 saturated carbocycles. The average Bonchev–Trinajstić information content (AvgIpc) is 2.83. The molecule has 106 valence electrons. The zero-order valence-electron chi connectivity index (χ0n) is 12.2. The van der Waals surface area contributed by atoms with E-state index >= 15 is 0 Å². The third-order valence-corrected chi connectivity index (χ3v) is 4.11. The summed E-state index contributed by atoms with van der Waals surface area (Å²) in [5, 5.41) is 3.15. The number of esters is 1. The molecule has 3 atom stereocenters. The van der Waals surface area contributed by atoms with Crippen molar-refractivity contribution in [1.82, 2.24) is 10.2 Å². The van der Waals surface area contributed by atoms with Crippen molar-refractivity contribution in [1.29, 1.82) is 0 Å². The Labute approximate surface area is 110 Å². The second kappa shape index (κ2) is 6.50. The van der Waals surface area contributed by atoms with Gasteiger partial charge in [0.25, 0.3) is 0 Å². The molecule has 0 bridgehead atoms. The van der Waals surface area contributed by atoms with Crippen LogP contribution in [0.3, 0.4) is 0 Å². The number of ether oxygens (including phenoxy) is 2. The summed E-state index contributed by atoms with van der Waals surface area (Å²) in [7, 11) is 7.09. The van der Waals surface area contributed by atoms with Crippen molar-refractivity contribution in [3.05, 3.63) is 0 Å². The Balaban J connectivity index is 2.61. The van der Waals surface area contributed by atoms with Crippen LogP contribution in [-0.2, 0) is 14.3 Å². The highest BCUT2D eigenvalue weighted by Gasteiger charge is 2.46. The van der Waals surface area contributed by atoms with Gasteiger partial charge in [-0.3, -0.25) is 4.79 Å². The fraction of sp³-hybridized carbons (Fsp3) is 0.923. The molecular formula is C13H26N2O3. The third-order valence-electron chi connectivity index (χ3n) is 4.11. The normalized spacial score (nSPS) is 29.6. The van der Waals surface area contributed by atoms with Gasteiger partial charge < -0.3 is 19.7 Å². The lowest BCUT2D eigenvalue weighted by molar-refractivity contribution is -0.148. The Bertz CT molecular complexity index is 285. The van der Waals surface area contributed by atoms with Crippen molar-refractivity contribution in [2.24, 2.45) is 0 Å². The van der Waals surface area contributed by atoms with Gasteiger partial charge in [-0.2, -0.15) is 0 Å². The van der Waals surface area contributed by atoms with Crippen LogP contribution >= 0.6 is 0 Å². The van der Waals surface area contributed by atoms with Gasteiger partial charge in [0.2, 0.25) is 0 Å². The molecule has 0 aromatic heterocycles. The standard InChI is InChI=1S/C13H26N2O3/c1-10(17-4)9-15(3)11-6-7-13(8-11,14-2)12(16)18-5/h10-11,14H,6-9H2,1-5H3. The number of nitrogens with zero attached hydrogens (tertiary/aromatic N) is 1. The summed E-state index contributed by atoms with van der Waals surface area (Å²) >= 11 is 0. The Morgan fingerprint density at radius 2 is 2.22 bits per heavy atom. The molecule has 0 aliphatic heterocycles. The molecule has 0 saturated heterocycles. The van der Waals surface area contributed by atoms with E-state index in [0.29, 0.717) is 6.04 Å². The van der Waals surface area contributed by atoms with Crippen LogP contribution in [0.4, 0.5) is 0 Å². The van der Waals surface area contributed by atoms with Crippen LogP contribution in [0.15, 0.2) is 0 Å². The molecule has 3 unspecified atom stereocenters. The maximum Gasteiger partial charge on any atom is 0.326 e. The lowest BCUT2D eigenvalue weighted by Crippen LogP contribution is -2.50. The molecule has 1 aliphatic carbocycles. The highest BCUT2D eigenvalue weighted by molar-refractivity contribution is 5.81. The summed E-state index contributed by atoms with van der Waals surface area (Å²) in [6, 6.07) is 0.397. The van der Waals surface area contributed by atoms with Crippen LogP contribution in [0.25, 0.3) is 0 Å². The molecule has 5 nitrogen and oxygen atoms in total. The van der Waals surface area contributed by atoms with Crippen molar-refractivity contribution in [3.63, 3.8) is 0 Å². The predicted octanol–water partition coefficient (Wildman–Crippen LogP) is 0.637. The van der Waals surface area contributed by atoms with Crippen molar-refractivity contribution < 1.29 is 14.3 Å². The van der Waals surface area contributed by atoms with Crippen LogP contribution in [-0.4, -0.2) is 63.4 Å². The number of hydrogen-bond donors (Lipinski definition) is 1. The second-order valence-corrected chi connectivity index (χ2v) is 5.21. The van der Waals surface area contributed by atoms with Gasteiger partial charge in [-0.1, -0.05) is 0 Å². The first kappa shape index (κ1) is 15.4. The summed E-state index contributed by atoms with van der Waals surface area (Å²) in [6.45, 7) is 2.93. The van der Waals surface area contributed by atoms with E-state index in [9.17, 15) is 4.79 Å². The average molecular weight is 258 g/mol. The minimum atomic E-state index is -0.510. The van der Waals surface area contributed by atoms with E-state index in [4.69, 9.17) is 9.47 Å². The van der Waals surface area contributed by atoms with E-state index in [2.05, 4.69) is 24.2 Å². The van der Waals surface area contributed by atoms with Crippen LogP contribution < -0.4 is 5.32 Å². The molecule has 1 aliphatic rings. The fourth-order valence-electron chi connectivity index (χ4n) is 2.73. The molecule has 0 amide bonds. The molecule has 0 aromatic rings. The van der Waals surface area contributed by atoms with Gasteiger partial charge in [0.1, 0.15) is 5.54 Å². The quantitative estimate of drug-likeness (QED) is 0.708. The van der Waals surface area contributed by atoms with Crippen LogP contribution in [0, 0.1) is 0 Å². The van der Waals surface area contributed by atoms with Crippen molar-refractivity contribution in [3.8, 4) is 0 Å². The molecule has 0 aromatic carbocycles. The summed E-state index contributed by atoms with van der Waals surface area (Å²) in [5.41, 5.74) is -0.510. The zero-order chi connectivity index (χ0) is 13.8. The van der Waals surface area contributed by atoms with Gasteiger partial charge in [-0.15, -0.1) is 0 Å². The van der Waals surface area contributed by atoms with E-state index in [1.807, 2.05) is 7.05 Å². The van der Waals surface area contributed by atoms with Crippen LogP contribution in [0.5, 0.6) is 0 Å². The molecule has 0 radical (unpaired) electrons. The molecule has 18 heavy (non-hydrogen) atoms. The first-order valence-electron chi connectivity index (χ1n) is 6.49. The smallest absolute Gasteiger partial charge is 0.326 e. The molecule has 0 spiro atoms. The van der Waals surface area contributed by atoms with Gasteiger partial charge in [-0.05, 0) is 40.3 Å². The van der Waals surface area contributed by atoms with Crippen molar-refractivity contribution >= 4 is 5.97 Å². The number of carbonyl (C=O) groups is 1. The van der Waals surface area contributed by atoms with Gasteiger partial charge in [0.15, 0.2) is 0 Å². The number of hydrogen-bond acceptors (Lipinski definition) is 5. The number of carbonyl (C=O) groups excluding carboxylic acids is 1. The largest absolute Gasteiger partial charge is 0.468 e. The second-order valence-electron chi connectivity index (χ2n) is 5.21. The molecule has 1 rings (SSSR count). The number of rotatable bonds is 6. The van der Waals surface area contributed by atoms with Crippen LogP contribution in [0.1, 0.15) is 26.2 Å². The number of likely N-dealkylation sites (N-methyl/N-ethyl adjacent to an activating group) is 2. The molecule has 0 heterocycles. The highest BCUT2D eigenvalue weighted by Crippen LogP contribution is 2.33. The first-order chi connectivity index (χ1) is 8.49. The van der Waals surface area contributed by atoms with E-state index in [-0.39, 0.29) is 12.1 Å². The summed E-state index contributed by atoms with van der Waals surface area (Å²) in [4.78, 5) is 14.2. The fourth-order valence-corrected chi connectivity index (χ4v) is 2.73. The van der Waals surface area contributed by atoms with Gasteiger partial charge in [0, 0.05) is 19.7 Å². The molecular weight excluding hydrogens is 232 g/mol. The summed E-state index contributed by atoms with van der Waals surface area (Å²) < 4.78 is 10.2. The predicted molar refractivity (Wildman–Crippen MR) is 70.5 cm³/mol. The Morgan fingerprint density at radius 1 is 1.56 bits per heavy atom. The Hall–Kier alpha value is -0.650. The Morgan fingerprint density at radius 3 is 2.72 bits per heavy atom. The van der Waals surface area contributed by atoms with E-state index in [0.717, 1.165) is 25.8 Å². The minimum absolute atomic E-state index is 0.152. The third kappa shape index (κ3) is 3.22. The van der Waals surface area contributed by atoms with E-state index in [1.165, 1.54) is 7.11 Å². The van der Waals surface area contributed by atoms with Crippen molar-refractivity contribution in [2.45, 2.75) is 43.9 Å². The first-order valence-corrected chi connectivity index (χ1v) is 6.49. The summed E-state index contributed by atoms with van der Waals surface area (Å²) in [5.74, 6) is -0.152. The lowest BCUT2D eigenvalue weighted by Gasteiger charge is -2.29. The zero-order valence-corrected chi connectivity index (χ0v) is 12.2. The van der Waals surface area contributed by atoms with Gasteiger partial charge in [0.05, 0.1) is 13.2 Å². The van der Waals surface area contributed by atoms with Crippen molar-refractivity contribution in [2.75, 3.05) is 34.9 Å². The van der Waals surface area contributed by atoms with Crippen LogP contribution in [0.2, 0.25) is 0 Å². The SMILES string of the molecule is CNC1(C(=O)OC)CCC(N(C)CC(C)OC)C1. The molecule has 1 N–H and O–H groups in total. The Kier molecular flexibility index (Phi) is 5.56. The molecule has 1 fully saturated rings. The monoisotopic (exact) mass is 258 g/mol. The summed E-state index contributed by atoms with van der Waals surface area (Å²) in [6.07, 6.45) is 2.83. The van der Waals surface area contributed by atoms with E-state index < -0.39 is 5.54 Å². The topological polar surface area (TPSA) is 50.8 Å². The number of methoxy groups -OCH3 is 2. The van der Waals surface area contributed by atoms with Gasteiger partial charge >= 0.3 is 5.97 Å². The van der Waals surface area contributed by atoms with Gasteiger partial charge in [-0.25, -0.2) is 0 Å². The maximum absolute atomic E-state index is 11.9. The maximum atomic E-state index is 11.9. The minimum Gasteiger partial charge on any atom is -0.468 e. The molecule has 5 heteroatoms. The van der Waals surface area contributed by atoms with E-state index in [1.54, 1.807) is 7.11 Å². The highest BCUT2D eigenvalue weighted by atomic mass is 16.5. The number of nitrogens with one attached hydrogen (secondary N) is 1. The lowest BCUT2D eigenvalue weighted by atomic mass is 9.97.